The minimum absolute atomic E-state index is 0. The van der Waals surface area contributed by atoms with Crippen LogP contribution in [0.3, 0.4) is 0 Å². The van der Waals surface area contributed by atoms with Crippen LogP contribution in [0.25, 0.3) is 0 Å². The van der Waals surface area contributed by atoms with Crippen molar-refractivity contribution in [3.8, 4) is 0 Å². The van der Waals surface area contributed by atoms with Gasteiger partial charge in [0.25, 0.3) is 0 Å². The summed E-state index contributed by atoms with van der Waals surface area (Å²) in [5.74, 6) is -2.39. The number of hydrogen-bond donors (Lipinski definition) is 14. The maximum atomic E-state index is 13.0. The molecule has 32 nitrogen and oxygen atoms in total. The van der Waals surface area contributed by atoms with E-state index in [0.29, 0.717) is 57.9 Å². The minimum Gasteiger partial charge on any atom is -0.394 e. The Morgan fingerprint density at radius 2 is 0.677 bits per heavy atom. The zero-order valence-corrected chi connectivity index (χ0v) is 55.7. The van der Waals surface area contributed by atoms with E-state index < -0.39 is 135 Å². The number of amides is 5. The molecule has 556 valence electrons. The lowest BCUT2D eigenvalue weighted by Gasteiger charge is -2.42. The van der Waals surface area contributed by atoms with Crippen molar-refractivity contribution >= 4 is 52.7 Å². The highest BCUT2D eigenvalue weighted by Gasteiger charge is 2.48. The summed E-state index contributed by atoms with van der Waals surface area (Å²) in [5, 5.41) is 104. The van der Waals surface area contributed by atoms with Crippen LogP contribution in [-0.2, 0) is 85.8 Å². The van der Waals surface area contributed by atoms with E-state index in [-0.39, 0.29) is 179 Å². The molecule has 0 radical (unpaired) electrons. The van der Waals surface area contributed by atoms with Gasteiger partial charge in [-0.15, -0.1) is 0 Å². The lowest BCUT2D eigenvalue weighted by molar-refractivity contribution is -0.270. The molecule has 96 heavy (non-hydrogen) atoms. The highest BCUT2D eigenvalue weighted by Crippen LogP contribution is 2.30. The predicted octanol–water partition coefficient (Wildman–Crippen LogP) is -2.27. The van der Waals surface area contributed by atoms with E-state index in [1.807, 2.05) is 13.8 Å². The van der Waals surface area contributed by atoms with Crippen molar-refractivity contribution in [2.75, 3.05) is 92.4 Å². The van der Waals surface area contributed by atoms with E-state index in [1.54, 1.807) is 0 Å². The molecule has 3 fully saturated rings. The summed E-state index contributed by atoms with van der Waals surface area (Å²) in [6.07, 6.45) is -10.8. The van der Waals surface area contributed by atoms with Crippen LogP contribution in [0.1, 0.15) is 158 Å². The Balaban J connectivity index is 0.0000314. The number of rotatable bonds is 51. The second-order valence-electron chi connectivity index (χ2n) is 25.0. The van der Waals surface area contributed by atoms with E-state index in [4.69, 9.17) is 42.6 Å². The molecule has 16 atom stereocenters. The maximum absolute atomic E-state index is 13.0. The summed E-state index contributed by atoms with van der Waals surface area (Å²) in [7, 11) is 0. The van der Waals surface area contributed by atoms with Crippen molar-refractivity contribution in [2.24, 2.45) is 11.3 Å². The molecular formula is C64H113N5O27. The molecule has 0 bridgehead atoms. The van der Waals surface area contributed by atoms with E-state index in [0.717, 1.165) is 0 Å². The highest BCUT2D eigenvalue weighted by molar-refractivity contribution is 5.80. The number of hydrogen-bond acceptors (Lipinski definition) is 27. The Morgan fingerprint density at radius 3 is 0.979 bits per heavy atom. The number of carbonyl (C=O) groups excluding carboxylic acids is 9. The molecule has 0 spiro atoms. The molecule has 3 rings (SSSR count). The molecule has 3 saturated heterocycles. The number of unbranched alkanes of at least 4 members (excludes halogenated alkanes) is 4. The van der Waals surface area contributed by atoms with Crippen LogP contribution >= 0.6 is 0 Å². The number of nitrogens with one attached hydrogen (secondary N) is 5. The fourth-order valence-electron chi connectivity index (χ4n) is 11.1. The van der Waals surface area contributed by atoms with Gasteiger partial charge in [0.05, 0.1) is 85.7 Å². The first-order chi connectivity index (χ1) is 45.2. The third kappa shape index (κ3) is 33.4. The number of aliphatic hydroxyl groups is 9. The zero-order chi connectivity index (χ0) is 70.5. The summed E-state index contributed by atoms with van der Waals surface area (Å²) < 4.78 is 51.9. The van der Waals surface area contributed by atoms with Gasteiger partial charge in [0.2, 0.25) is 29.5 Å². The van der Waals surface area contributed by atoms with E-state index in [1.165, 1.54) is 20.8 Å². The van der Waals surface area contributed by atoms with Gasteiger partial charge in [0.1, 0.15) is 96.2 Å². The third-order valence-corrected chi connectivity index (χ3v) is 16.1. The Bertz CT molecular complexity index is 2070. The van der Waals surface area contributed by atoms with Crippen LogP contribution in [0.15, 0.2) is 0 Å². The fourth-order valence-corrected chi connectivity index (χ4v) is 11.1. The van der Waals surface area contributed by atoms with E-state index >= 15 is 0 Å². The summed E-state index contributed by atoms with van der Waals surface area (Å²) in [5.41, 5.74) is -0.748. The number of ether oxygens (including phenoxy) is 9. The van der Waals surface area contributed by atoms with Gasteiger partial charge < -0.3 is 115 Å². The molecule has 7 unspecified atom stereocenters. The molecular weight excluding hydrogens is 1270 g/mol. The number of Topliss-reactive ketones (excluding diaryl/α,β-unsaturated/α-hetero) is 4. The Labute approximate surface area is 562 Å². The van der Waals surface area contributed by atoms with Crippen molar-refractivity contribution < 1.29 is 132 Å². The van der Waals surface area contributed by atoms with E-state index in [2.05, 4.69) is 26.6 Å². The first-order valence-corrected chi connectivity index (χ1v) is 33.1. The van der Waals surface area contributed by atoms with E-state index in [9.17, 15) is 89.1 Å². The van der Waals surface area contributed by atoms with Gasteiger partial charge in [-0.1, -0.05) is 27.7 Å². The van der Waals surface area contributed by atoms with Gasteiger partial charge in [-0.2, -0.15) is 0 Å². The summed E-state index contributed by atoms with van der Waals surface area (Å²) in [6, 6.07) is -3.40. The van der Waals surface area contributed by atoms with Crippen LogP contribution in [0, 0.1) is 11.3 Å². The van der Waals surface area contributed by atoms with Crippen molar-refractivity contribution in [3.63, 3.8) is 0 Å². The quantitative estimate of drug-likeness (QED) is 0.0286. The van der Waals surface area contributed by atoms with Crippen LogP contribution in [-0.4, -0.2) is 283 Å². The standard InChI is InChI=1S/C63H109N5O27.CH4/c1-38(2)31-63(35-87-25-17-42(75)13-7-6-8-14-44(77)19-28-90-60-51(66-39(3)72)57(84)54(81)46(32-69)93-60,36-88-26-18-43(76)15-9-11-24-65-50(80)22-30-92-62-53(68-41(5)74)59(86)56(83)48(34-71)95-62)37-89-27-21-49(79)64-23-12-10-16-45(78)20-29-91-61-52(67-40(4)73)58(85)55(82)47(33-70)94-61;/h38,46-48,51-62,69-71,81-86H,6-37H2,1-5H3,(H,64,79)(H,65,80)(H,66,72)(H,67,73)(H,68,74);1H4/t46?,47?,48?,51?,52?,53?,54-,55-,56-,57+,58+,59+,60+,61+,62+,63?;/m0./s1. The molecule has 0 aromatic heterocycles. The Kier molecular flexibility index (Phi) is 43.8. The summed E-state index contributed by atoms with van der Waals surface area (Å²) >= 11 is 0. The van der Waals surface area contributed by atoms with Gasteiger partial charge in [-0.05, 0) is 50.9 Å². The third-order valence-electron chi connectivity index (χ3n) is 16.1. The summed E-state index contributed by atoms with van der Waals surface area (Å²) in [6.45, 7) is 6.67. The number of ketones is 4. The molecule has 0 saturated carbocycles. The van der Waals surface area contributed by atoms with Crippen LogP contribution < -0.4 is 26.6 Å². The SMILES string of the molecule is C.CC(=O)NC1[C@H](OCCC(=O)CCCCCC(=O)CCOCC(COCCC(=O)CCCCNC(=O)CCO[C@@H]2OC(CO)[C@H](O)[C@H](O)C2NC(C)=O)(COCCC(=O)NCCCCC(=O)CCO[C@@H]2OC(CO)[C@H](O)[C@H](O)C2NC(C)=O)CC(C)C)OC(CO)[C@H](O)[C@@H]1O. The van der Waals surface area contributed by atoms with Gasteiger partial charge in [-0.25, -0.2) is 0 Å². The lowest BCUT2D eigenvalue weighted by Crippen LogP contribution is -2.64. The maximum Gasteiger partial charge on any atom is 0.222 e. The van der Waals surface area contributed by atoms with Crippen LogP contribution in [0.5, 0.6) is 0 Å². The topological polar surface area (TPSA) is 479 Å². The van der Waals surface area contributed by atoms with Crippen molar-refractivity contribution in [1.29, 1.82) is 0 Å². The largest absolute Gasteiger partial charge is 0.394 e. The smallest absolute Gasteiger partial charge is 0.222 e. The van der Waals surface area contributed by atoms with Gasteiger partial charge in [-0.3, -0.25) is 43.2 Å². The molecule has 0 aromatic rings. The molecule has 14 N–H and O–H groups in total. The molecule has 3 heterocycles. The number of aliphatic hydroxyl groups excluding tert-OH is 9. The molecule has 5 amide bonds. The second kappa shape index (κ2) is 48.2. The van der Waals surface area contributed by atoms with Crippen LogP contribution in [0.4, 0.5) is 0 Å². The van der Waals surface area contributed by atoms with Gasteiger partial charge >= 0.3 is 0 Å². The van der Waals surface area contributed by atoms with Crippen molar-refractivity contribution in [2.45, 2.75) is 250 Å². The number of carbonyl (C=O) groups is 9. The average Bonchev–Trinajstić information content (AvgIpc) is 0.928. The normalized spacial score (nSPS) is 26.4. The predicted molar refractivity (Wildman–Crippen MR) is 340 cm³/mol. The van der Waals surface area contributed by atoms with Crippen molar-refractivity contribution in [1.82, 2.24) is 26.6 Å². The summed E-state index contributed by atoms with van der Waals surface area (Å²) in [4.78, 5) is 112. The first kappa shape index (κ1) is 87.4. The monoisotopic (exact) mass is 1380 g/mol. The molecule has 3 aliphatic rings. The fraction of sp³-hybridized carbons (Fsp3) is 0.859. The lowest BCUT2D eigenvalue weighted by atomic mass is 9.82. The van der Waals surface area contributed by atoms with Crippen molar-refractivity contribution in [3.05, 3.63) is 0 Å². The Hall–Kier alpha value is -4.69. The molecule has 0 aromatic carbocycles. The second-order valence-corrected chi connectivity index (χ2v) is 25.0. The molecule has 0 aliphatic carbocycles. The minimum atomic E-state index is -1.49. The molecule has 3 aliphatic heterocycles. The molecule has 32 heteroatoms. The van der Waals surface area contributed by atoms with Gasteiger partial charge in [0.15, 0.2) is 18.9 Å². The average molecular weight is 1380 g/mol. The van der Waals surface area contributed by atoms with Gasteiger partial charge in [0, 0.05) is 97.1 Å². The zero-order valence-electron chi connectivity index (χ0n) is 55.7. The van der Waals surface area contributed by atoms with Crippen LogP contribution in [0.2, 0.25) is 0 Å². The first-order valence-electron chi connectivity index (χ1n) is 33.1. The highest BCUT2D eigenvalue weighted by atomic mass is 16.7. The Morgan fingerprint density at radius 1 is 0.396 bits per heavy atom.